The van der Waals surface area contributed by atoms with Crippen LogP contribution in [-0.4, -0.2) is 16.1 Å². The number of hydrogen-bond acceptors (Lipinski definition) is 3. The zero-order valence-electron chi connectivity index (χ0n) is 11.5. The van der Waals surface area contributed by atoms with Crippen molar-refractivity contribution in [2.75, 3.05) is 11.1 Å². The first-order chi connectivity index (χ1) is 10.2. The third-order valence-corrected chi connectivity index (χ3v) is 3.34. The Kier molecular flexibility index (Phi) is 3.55. The van der Waals surface area contributed by atoms with E-state index in [0.29, 0.717) is 12.8 Å². The molecule has 0 saturated heterocycles. The van der Waals surface area contributed by atoms with Crippen LogP contribution in [0.5, 0.6) is 0 Å². The van der Waals surface area contributed by atoms with Crippen LogP contribution in [0.4, 0.5) is 11.4 Å². The fraction of sp³-hybridized carbons (Fsp3) is 0.125. The van der Waals surface area contributed by atoms with E-state index in [0.717, 1.165) is 27.8 Å². The molecule has 21 heavy (non-hydrogen) atoms. The number of aryl methyl sites for hydroxylation is 1. The van der Waals surface area contributed by atoms with Gasteiger partial charge in [0.05, 0.1) is 17.4 Å². The molecule has 0 atom stereocenters. The van der Waals surface area contributed by atoms with Crippen molar-refractivity contribution in [3.8, 4) is 0 Å². The number of carbonyl (C=O) groups is 1. The summed E-state index contributed by atoms with van der Waals surface area (Å²) in [5, 5.41) is 10.8. The zero-order valence-corrected chi connectivity index (χ0v) is 11.5. The molecular formula is C16H16N4O. The minimum atomic E-state index is -0.0282. The lowest BCUT2D eigenvalue weighted by Crippen LogP contribution is -2.12. The van der Waals surface area contributed by atoms with E-state index in [2.05, 4.69) is 15.5 Å². The Hall–Kier alpha value is -2.82. The highest BCUT2D eigenvalue weighted by Crippen LogP contribution is 2.20. The van der Waals surface area contributed by atoms with Gasteiger partial charge in [0.15, 0.2) is 0 Å². The number of amides is 1. The molecule has 0 unspecified atom stereocenters. The average molecular weight is 280 g/mol. The van der Waals surface area contributed by atoms with Gasteiger partial charge in [0.25, 0.3) is 0 Å². The summed E-state index contributed by atoms with van der Waals surface area (Å²) in [7, 11) is 0. The monoisotopic (exact) mass is 280 g/mol. The smallest absolute Gasteiger partial charge is 0.224 e. The van der Waals surface area contributed by atoms with E-state index >= 15 is 0 Å². The van der Waals surface area contributed by atoms with Gasteiger partial charge in [0.2, 0.25) is 5.91 Å². The number of aromatic amines is 1. The van der Waals surface area contributed by atoms with Crippen molar-refractivity contribution in [3.63, 3.8) is 0 Å². The van der Waals surface area contributed by atoms with Gasteiger partial charge in [-0.15, -0.1) is 0 Å². The molecule has 106 valence electrons. The molecular weight excluding hydrogens is 264 g/mol. The highest BCUT2D eigenvalue weighted by molar-refractivity contribution is 6.00. The molecule has 0 aliphatic rings. The van der Waals surface area contributed by atoms with Gasteiger partial charge in [-0.2, -0.15) is 5.10 Å². The summed E-state index contributed by atoms with van der Waals surface area (Å²) < 4.78 is 0. The van der Waals surface area contributed by atoms with Crippen molar-refractivity contribution in [2.45, 2.75) is 12.8 Å². The minimum Gasteiger partial charge on any atom is -0.399 e. The molecule has 0 spiro atoms. The largest absolute Gasteiger partial charge is 0.399 e. The molecule has 0 saturated carbocycles. The number of benzene rings is 2. The van der Waals surface area contributed by atoms with Gasteiger partial charge in [0.1, 0.15) is 0 Å². The van der Waals surface area contributed by atoms with Gasteiger partial charge in [-0.1, -0.05) is 24.3 Å². The highest BCUT2D eigenvalue weighted by atomic mass is 16.1. The van der Waals surface area contributed by atoms with Crippen LogP contribution < -0.4 is 11.1 Å². The number of nitrogens with zero attached hydrogens (tertiary/aromatic N) is 1. The second-order valence-electron chi connectivity index (χ2n) is 4.93. The third-order valence-electron chi connectivity index (χ3n) is 3.34. The number of carbonyl (C=O) groups excluding carboxylic acids is 1. The van der Waals surface area contributed by atoms with Crippen LogP contribution in [0.3, 0.4) is 0 Å². The highest BCUT2D eigenvalue weighted by Gasteiger charge is 2.07. The lowest BCUT2D eigenvalue weighted by Gasteiger charge is -2.06. The number of nitrogens with two attached hydrogens (primary N) is 1. The summed E-state index contributed by atoms with van der Waals surface area (Å²) >= 11 is 0. The quantitative estimate of drug-likeness (QED) is 0.642. The van der Waals surface area contributed by atoms with Gasteiger partial charge in [-0.05, 0) is 30.2 Å². The maximum Gasteiger partial charge on any atom is 0.224 e. The Morgan fingerprint density at radius 3 is 2.95 bits per heavy atom. The second kappa shape index (κ2) is 5.66. The summed E-state index contributed by atoms with van der Waals surface area (Å²) in [6.07, 6.45) is 2.81. The third kappa shape index (κ3) is 3.02. The zero-order chi connectivity index (χ0) is 14.7. The van der Waals surface area contributed by atoms with Gasteiger partial charge in [0, 0.05) is 17.5 Å². The Bertz CT molecular complexity index is 779. The normalized spacial score (nSPS) is 10.7. The average Bonchev–Trinajstić information content (AvgIpc) is 2.95. The van der Waals surface area contributed by atoms with Crippen molar-refractivity contribution in [2.24, 2.45) is 0 Å². The van der Waals surface area contributed by atoms with Crippen molar-refractivity contribution < 1.29 is 4.79 Å². The molecule has 0 fully saturated rings. The first-order valence-corrected chi connectivity index (χ1v) is 6.79. The van der Waals surface area contributed by atoms with E-state index in [1.807, 2.05) is 42.5 Å². The number of nitrogens with one attached hydrogen (secondary N) is 2. The van der Waals surface area contributed by atoms with Gasteiger partial charge in [-0.25, -0.2) is 0 Å². The van der Waals surface area contributed by atoms with Crippen molar-refractivity contribution in [1.82, 2.24) is 10.2 Å². The number of para-hydroxylation sites is 1. The van der Waals surface area contributed by atoms with Crippen molar-refractivity contribution >= 4 is 28.2 Å². The fourth-order valence-corrected chi connectivity index (χ4v) is 2.29. The Labute approximate surface area is 122 Å². The minimum absolute atomic E-state index is 0.0282. The van der Waals surface area contributed by atoms with E-state index in [1.54, 1.807) is 6.20 Å². The molecule has 5 nitrogen and oxygen atoms in total. The summed E-state index contributed by atoms with van der Waals surface area (Å²) in [5.41, 5.74) is 9.10. The molecule has 1 aromatic heterocycles. The molecule has 3 aromatic rings. The van der Waals surface area contributed by atoms with Crippen molar-refractivity contribution in [3.05, 3.63) is 54.2 Å². The summed E-state index contributed by atoms with van der Waals surface area (Å²) in [5.74, 6) is -0.0282. The van der Waals surface area contributed by atoms with Gasteiger partial charge in [-0.3, -0.25) is 9.89 Å². The second-order valence-corrected chi connectivity index (χ2v) is 4.93. The molecule has 2 aromatic carbocycles. The lowest BCUT2D eigenvalue weighted by molar-refractivity contribution is -0.116. The fourth-order valence-electron chi connectivity index (χ4n) is 2.29. The molecule has 1 amide bonds. The topological polar surface area (TPSA) is 83.8 Å². The number of nitrogen functional groups attached to an aromatic ring is 1. The number of H-pyrrole nitrogens is 1. The maximum atomic E-state index is 12.1. The van der Waals surface area contributed by atoms with E-state index < -0.39 is 0 Å². The first kappa shape index (κ1) is 13.2. The van der Waals surface area contributed by atoms with Crippen LogP contribution in [0.1, 0.15) is 12.0 Å². The van der Waals surface area contributed by atoms with E-state index in [1.165, 1.54) is 0 Å². The molecule has 0 radical (unpaired) electrons. The van der Waals surface area contributed by atoms with Crippen LogP contribution in [-0.2, 0) is 11.2 Å². The van der Waals surface area contributed by atoms with E-state index in [-0.39, 0.29) is 5.91 Å². The number of rotatable bonds is 4. The molecule has 0 aliphatic heterocycles. The molecule has 0 aliphatic carbocycles. The molecule has 0 bridgehead atoms. The predicted octanol–water partition coefficient (Wildman–Crippen LogP) is 2.72. The molecule has 4 N–H and O–H groups in total. The van der Waals surface area contributed by atoms with Crippen LogP contribution in [0.2, 0.25) is 0 Å². The van der Waals surface area contributed by atoms with Crippen LogP contribution in [0.15, 0.2) is 48.7 Å². The van der Waals surface area contributed by atoms with E-state index in [9.17, 15) is 4.79 Å². The number of anilines is 2. The molecule has 3 rings (SSSR count). The van der Waals surface area contributed by atoms with Gasteiger partial charge >= 0.3 is 0 Å². The van der Waals surface area contributed by atoms with Crippen LogP contribution in [0, 0.1) is 0 Å². The first-order valence-electron chi connectivity index (χ1n) is 6.79. The summed E-state index contributed by atoms with van der Waals surface area (Å²) in [6.45, 7) is 0. The summed E-state index contributed by atoms with van der Waals surface area (Å²) in [6, 6.07) is 13.3. The predicted molar refractivity (Wildman–Crippen MR) is 83.9 cm³/mol. The Balaban J connectivity index is 1.65. The van der Waals surface area contributed by atoms with Crippen molar-refractivity contribution in [1.29, 1.82) is 0 Å². The lowest BCUT2D eigenvalue weighted by atomic mass is 10.1. The maximum absolute atomic E-state index is 12.1. The van der Waals surface area contributed by atoms with Gasteiger partial charge < -0.3 is 11.1 Å². The number of hydrogen-bond donors (Lipinski definition) is 3. The van der Waals surface area contributed by atoms with Crippen LogP contribution in [0.25, 0.3) is 10.9 Å². The summed E-state index contributed by atoms with van der Waals surface area (Å²) in [4.78, 5) is 12.1. The van der Waals surface area contributed by atoms with E-state index in [4.69, 9.17) is 5.73 Å². The Morgan fingerprint density at radius 2 is 2.10 bits per heavy atom. The van der Waals surface area contributed by atoms with Crippen LogP contribution >= 0.6 is 0 Å². The number of fused-ring (bicyclic) bond motifs is 1. The molecule has 5 heteroatoms. The molecule has 1 heterocycles. The standard InChI is InChI=1S/C16H16N4O/c17-13-5-1-3-11(9-13)7-8-15(21)19-14-6-2-4-12-10-18-20-16(12)14/h1-6,9-10H,7-8,17H2,(H,18,20)(H,19,21). The SMILES string of the molecule is Nc1cccc(CCC(=O)Nc2cccc3cn[nH]c23)c1. The Morgan fingerprint density at radius 1 is 1.24 bits per heavy atom. The number of aromatic nitrogens is 2.